The molecule has 0 spiro atoms. The van der Waals surface area contributed by atoms with Crippen LogP contribution in [0.15, 0.2) is 12.1 Å². The van der Waals surface area contributed by atoms with Crippen molar-refractivity contribution in [2.75, 3.05) is 13.6 Å². The topological polar surface area (TPSA) is 32.3 Å². The van der Waals surface area contributed by atoms with E-state index in [1.54, 1.807) is 6.07 Å². The van der Waals surface area contributed by atoms with Gasteiger partial charge in [-0.2, -0.15) is 4.39 Å². The minimum Gasteiger partial charge on any atom is -0.388 e. The van der Waals surface area contributed by atoms with E-state index in [4.69, 9.17) is 0 Å². The number of halogens is 1. The molecule has 0 bridgehead atoms. The second kappa shape index (κ2) is 4.54. The quantitative estimate of drug-likeness (QED) is 0.753. The highest BCUT2D eigenvalue weighted by molar-refractivity contribution is 7.10. The number of aliphatic hydroxyl groups excluding tert-OH is 1. The molecule has 0 unspecified atom stereocenters. The van der Waals surface area contributed by atoms with Crippen LogP contribution in [0.2, 0.25) is 0 Å². The molecular weight excluding hydrogens is 177 g/mol. The van der Waals surface area contributed by atoms with E-state index in [-0.39, 0.29) is 5.13 Å². The smallest absolute Gasteiger partial charge is 0.176 e. The summed E-state index contributed by atoms with van der Waals surface area (Å²) in [4.78, 5) is 0.697. The van der Waals surface area contributed by atoms with Gasteiger partial charge in [0.15, 0.2) is 5.13 Å². The molecule has 1 rings (SSSR count). The summed E-state index contributed by atoms with van der Waals surface area (Å²) in [5.41, 5.74) is 0. The Hall–Kier alpha value is -0.450. The molecule has 2 nitrogen and oxygen atoms in total. The standard InChI is InChI=1S/C8H12FNOS/c1-10-5-4-6(11)7-2-3-8(9)12-7/h2-3,6,10-11H,4-5H2,1H3/t6-/m0/s1. The summed E-state index contributed by atoms with van der Waals surface area (Å²) in [6, 6.07) is 3.00. The van der Waals surface area contributed by atoms with Crippen molar-refractivity contribution in [2.24, 2.45) is 0 Å². The molecule has 0 aliphatic rings. The van der Waals surface area contributed by atoms with Crippen LogP contribution in [-0.2, 0) is 0 Å². The summed E-state index contributed by atoms with van der Waals surface area (Å²) in [7, 11) is 1.82. The van der Waals surface area contributed by atoms with Crippen LogP contribution in [0.3, 0.4) is 0 Å². The maximum absolute atomic E-state index is 12.5. The van der Waals surface area contributed by atoms with Gasteiger partial charge >= 0.3 is 0 Å². The van der Waals surface area contributed by atoms with Gasteiger partial charge in [0.2, 0.25) is 0 Å². The van der Waals surface area contributed by atoms with Crippen LogP contribution >= 0.6 is 11.3 Å². The van der Waals surface area contributed by atoms with Gasteiger partial charge in [0.05, 0.1) is 6.10 Å². The molecule has 1 heterocycles. The Balaban J connectivity index is 2.47. The van der Waals surface area contributed by atoms with E-state index in [0.29, 0.717) is 11.3 Å². The summed E-state index contributed by atoms with van der Waals surface area (Å²) >= 11 is 1.00. The van der Waals surface area contributed by atoms with E-state index >= 15 is 0 Å². The molecule has 0 amide bonds. The average molecular weight is 189 g/mol. The van der Waals surface area contributed by atoms with Gasteiger partial charge in [-0.3, -0.25) is 0 Å². The van der Waals surface area contributed by atoms with Crippen LogP contribution in [0.5, 0.6) is 0 Å². The van der Waals surface area contributed by atoms with E-state index in [9.17, 15) is 9.50 Å². The lowest BCUT2D eigenvalue weighted by Gasteiger charge is -2.06. The first-order valence-electron chi connectivity index (χ1n) is 3.82. The molecule has 0 radical (unpaired) electrons. The first-order chi connectivity index (χ1) is 5.74. The van der Waals surface area contributed by atoms with Gasteiger partial charge in [-0.25, -0.2) is 0 Å². The number of nitrogens with one attached hydrogen (secondary N) is 1. The summed E-state index contributed by atoms with van der Waals surface area (Å²) in [6.45, 7) is 0.737. The van der Waals surface area contributed by atoms with Gasteiger partial charge in [0.25, 0.3) is 0 Å². The Bertz CT molecular complexity index is 239. The zero-order valence-electron chi connectivity index (χ0n) is 6.88. The maximum Gasteiger partial charge on any atom is 0.176 e. The van der Waals surface area contributed by atoms with Crippen LogP contribution in [-0.4, -0.2) is 18.7 Å². The molecule has 0 saturated carbocycles. The first-order valence-corrected chi connectivity index (χ1v) is 4.63. The monoisotopic (exact) mass is 189 g/mol. The Morgan fingerprint density at radius 1 is 1.67 bits per heavy atom. The van der Waals surface area contributed by atoms with Crippen LogP contribution in [0.25, 0.3) is 0 Å². The minimum atomic E-state index is -0.535. The lowest BCUT2D eigenvalue weighted by atomic mass is 10.2. The van der Waals surface area contributed by atoms with Crippen molar-refractivity contribution in [3.63, 3.8) is 0 Å². The Morgan fingerprint density at radius 2 is 2.42 bits per heavy atom. The predicted octanol–water partition coefficient (Wildman–Crippen LogP) is 1.53. The second-order valence-electron chi connectivity index (χ2n) is 2.55. The molecule has 4 heteroatoms. The fourth-order valence-electron chi connectivity index (χ4n) is 0.931. The SMILES string of the molecule is CNCC[C@H](O)c1ccc(F)s1. The summed E-state index contributed by atoms with van der Waals surface area (Å²) < 4.78 is 12.5. The van der Waals surface area contributed by atoms with Gasteiger partial charge in [0.1, 0.15) is 0 Å². The molecule has 1 atom stereocenters. The zero-order chi connectivity index (χ0) is 8.97. The molecule has 1 aromatic heterocycles. The second-order valence-corrected chi connectivity index (χ2v) is 3.62. The third kappa shape index (κ3) is 2.55. The molecule has 0 aliphatic heterocycles. The summed E-state index contributed by atoms with van der Waals surface area (Å²) in [5, 5.41) is 12.2. The Labute approximate surface area is 75.0 Å². The number of rotatable bonds is 4. The molecular formula is C8H12FNOS. The largest absolute Gasteiger partial charge is 0.388 e. The Morgan fingerprint density at radius 3 is 2.92 bits per heavy atom. The van der Waals surface area contributed by atoms with Crippen molar-refractivity contribution in [2.45, 2.75) is 12.5 Å². The number of hydrogen-bond acceptors (Lipinski definition) is 3. The van der Waals surface area contributed by atoms with Crippen molar-refractivity contribution in [3.05, 3.63) is 22.1 Å². The van der Waals surface area contributed by atoms with E-state index in [2.05, 4.69) is 5.32 Å². The lowest BCUT2D eigenvalue weighted by Crippen LogP contribution is -2.11. The zero-order valence-corrected chi connectivity index (χ0v) is 7.70. The van der Waals surface area contributed by atoms with E-state index < -0.39 is 6.10 Å². The molecule has 0 aromatic carbocycles. The van der Waals surface area contributed by atoms with Gasteiger partial charge in [-0.1, -0.05) is 0 Å². The fourth-order valence-corrected chi connectivity index (χ4v) is 1.68. The molecule has 0 aliphatic carbocycles. The summed E-state index contributed by atoms with van der Waals surface area (Å²) in [6.07, 6.45) is 0.0862. The van der Waals surface area contributed by atoms with E-state index in [1.807, 2.05) is 7.05 Å². The third-order valence-corrected chi connectivity index (χ3v) is 2.57. The normalized spacial score (nSPS) is 13.2. The third-order valence-electron chi connectivity index (χ3n) is 1.59. The predicted molar refractivity (Wildman–Crippen MR) is 47.8 cm³/mol. The average Bonchev–Trinajstić information content (AvgIpc) is 2.47. The van der Waals surface area contributed by atoms with E-state index in [0.717, 1.165) is 17.9 Å². The van der Waals surface area contributed by atoms with Crippen LogP contribution in [0, 0.1) is 5.13 Å². The van der Waals surface area contributed by atoms with Crippen LogP contribution < -0.4 is 5.32 Å². The summed E-state index contributed by atoms with van der Waals surface area (Å²) in [5.74, 6) is 0. The van der Waals surface area contributed by atoms with Crippen molar-refractivity contribution in [3.8, 4) is 0 Å². The highest BCUT2D eigenvalue weighted by atomic mass is 32.1. The van der Waals surface area contributed by atoms with Crippen molar-refractivity contribution in [1.82, 2.24) is 5.32 Å². The van der Waals surface area contributed by atoms with Crippen molar-refractivity contribution >= 4 is 11.3 Å². The maximum atomic E-state index is 12.5. The molecule has 0 saturated heterocycles. The minimum absolute atomic E-state index is 0.242. The van der Waals surface area contributed by atoms with Gasteiger partial charge in [0, 0.05) is 4.88 Å². The molecule has 2 N–H and O–H groups in total. The van der Waals surface area contributed by atoms with E-state index in [1.165, 1.54) is 6.07 Å². The van der Waals surface area contributed by atoms with Crippen molar-refractivity contribution < 1.29 is 9.50 Å². The molecule has 0 fully saturated rings. The number of thiophene rings is 1. The number of aliphatic hydroxyl groups is 1. The fraction of sp³-hybridized carbons (Fsp3) is 0.500. The van der Waals surface area contributed by atoms with Crippen LogP contribution in [0.4, 0.5) is 4.39 Å². The van der Waals surface area contributed by atoms with Crippen LogP contribution in [0.1, 0.15) is 17.4 Å². The van der Waals surface area contributed by atoms with Gasteiger partial charge in [-0.05, 0) is 32.1 Å². The number of hydrogen-bond donors (Lipinski definition) is 2. The highest BCUT2D eigenvalue weighted by Crippen LogP contribution is 2.23. The molecule has 12 heavy (non-hydrogen) atoms. The lowest BCUT2D eigenvalue weighted by molar-refractivity contribution is 0.171. The Kier molecular flexibility index (Phi) is 3.65. The van der Waals surface area contributed by atoms with Gasteiger partial charge < -0.3 is 10.4 Å². The van der Waals surface area contributed by atoms with Crippen molar-refractivity contribution in [1.29, 1.82) is 0 Å². The first kappa shape index (κ1) is 9.64. The van der Waals surface area contributed by atoms with Gasteiger partial charge in [-0.15, -0.1) is 11.3 Å². The highest BCUT2D eigenvalue weighted by Gasteiger charge is 2.09. The molecule has 1 aromatic rings. The molecule has 68 valence electrons.